The molecule has 32 heavy (non-hydrogen) atoms. The van der Waals surface area contributed by atoms with Gasteiger partial charge in [0.1, 0.15) is 12.4 Å². The molecule has 1 heterocycles. The second-order valence-corrected chi connectivity index (χ2v) is 8.48. The van der Waals surface area contributed by atoms with Crippen molar-refractivity contribution in [2.45, 2.75) is 51.4 Å². The molecule has 2 aliphatic carbocycles. The molecule has 0 saturated heterocycles. The lowest BCUT2D eigenvalue weighted by Gasteiger charge is -2.21. The van der Waals surface area contributed by atoms with E-state index >= 15 is 0 Å². The minimum atomic E-state index is -0.970. The third-order valence-corrected chi connectivity index (χ3v) is 6.23. The molecular formula is C26H30N2O4. The summed E-state index contributed by atoms with van der Waals surface area (Å²) in [5, 5.41) is 13.4. The van der Waals surface area contributed by atoms with Crippen molar-refractivity contribution in [2.24, 2.45) is 11.1 Å². The number of benzene rings is 1. The van der Waals surface area contributed by atoms with E-state index in [1.54, 1.807) is 6.20 Å². The van der Waals surface area contributed by atoms with Crippen LogP contribution in [0.3, 0.4) is 0 Å². The summed E-state index contributed by atoms with van der Waals surface area (Å²) in [6.45, 7) is 0.0643. The van der Waals surface area contributed by atoms with Crippen LogP contribution in [0, 0.1) is 5.92 Å². The van der Waals surface area contributed by atoms with Gasteiger partial charge in [0.05, 0.1) is 5.71 Å². The summed E-state index contributed by atoms with van der Waals surface area (Å²) in [6.07, 6.45) is 14.6. The second-order valence-electron chi connectivity index (χ2n) is 8.48. The number of carboxylic acids is 1. The van der Waals surface area contributed by atoms with Crippen molar-refractivity contribution in [2.75, 3.05) is 13.2 Å². The number of oxime groups is 1. The Bertz CT molecular complexity index is 979. The van der Waals surface area contributed by atoms with Crippen LogP contribution in [0.1, 0.15) is 61.6 Å². The number of aromatic nitrogens is 1. The Hall–Kier alpha value is -3.15. The molecule has 1 fully saturated rings. The highest BCUT2D eigenvalue weighted by Crippen LogP contribution is 2.36. The first-order chi connectivity index (χ1) is 15.7. The van der Waals surface area contributed by atoms with Crippen LogP contribution in [0.4, 0.5) is 0 Å². The van der Waals surface area contributed by atoms with E-state index in [0.717, 1.165) is 48.1 Å². The summed E-state index contributed by atoms with van der Waals surface area (Å²) < 4.78 is 5.50. The van der Waals surface area contributed by atoms with Crippen molar-refractivity contribution >= 4 is 17.3 Å². The smallest absolute Gasteiger partial charge is 0.341 e. The van der Waals surface area contributed by atoms with Gasteiger partial charge in [-0.2, -0.15) is 0 Å². The SMILES string of the molecule is O=C(O)COc1cccc2c1CCCC2=CCON=C(CC1CCCC1)c1cccnc1. The highest BCUT2D eigenvalue weighted by molar-refractivity contribution is 6.00. The summed E-state index contributed by atoms with van der Waals surface area (Å²) in [6, 6.07) is 9.80. The van der Waals surface area contributed by atoms with E-state index in [1.165, 1.54) is 31.3 Å². The van der Waals surface area contributed by atoms with Crippen molar-refractivity contribution in [1.82, 2.24) is 4.98 Å². The number of ether oxygens (including phenoxy) is 1. The lowest BCUT2D eigenvalue weighted by atomic mass is 9.86. The van der Waals surface area contributed by atoms with Gasteiger partial charge in [0.25, 0.3) is 0 Å². The van der Waals surface area contributed by atoms with Crippen molar-refractivity contribution in [3.05, 3.63) is 65.5 Å². The topological polar surface area (TPSA) is 81.0 Å². The molecule has 0 aliphatic heterocycles. The molecule has 1 aromatic heterocycles. The van der Waals surface area contributed by atoms with Gasteiger partial charge in [-0.3, -0.25) is 4.98 Å². The van der Waals surface area contributed by atoms with Crippen LogP contribution >= 0.6 is 0 Å². The molecule has 0 bridgehead atoms. The quantitative estimate of drug-likeness (QED) is 0.330. The second kappa shape index (κ2) is 10.9. The first-order valence-corrected chi connectivity index (χ1v) is 11.5. The molecule has 2 aromatic rings. The van der Waals surface area contributed by atoms with Crippen molar-refractivity contribution in [3.8, 4) is 5.75 Å². The Kier molecular flexibility index (Phi) is 7.54. The number of pyridine rings is 1. The molecule has 0 unspecified atom stereocenters. The van der Waals surface area contributed by atoms with Gasteiger partial charge < -0.3 is 14.7 Å². The van der Waals surface area contributed by atoms with E-state index in [4.69, 9.17) is 14.7 Å². The minimum absolute atomic E-state index is 0.328. The van der Waals surface area contributed by atoms with Crippen molar-refractivity contribution in [1.29, 1.82) is 0 Å². The summed E-state index contributed by atoms with van der Waals surface area (Å²) in [4.78, 5) is 20.9. The Morgan fingerprint density at radius 1 is 1.16 bits per heavy atom. The number of carbonyl (C=O) groups is 1. The first kappa shape index (κ1) is 22.1. The Labute approximate surface area is 189 Å². The van der Waals surface area contributed by atoms with Crippen LogP contribution in [0.25, 0.3) is 5.57 Å². The normalized spacial score (nSPS) is 17.9. The van der Waals surface area contributed by atoms with E-state index in [-0.39, 0.29) is 6.61 Å². The lowest BCUT2D eigenvalue weighted by Crippen LogP contribution is -2.12. The summed E-state index contributed by atoms with van der Waals surface area (Å²) >= 11 is 0. The average Bonchev–Trinajstić information content (AvgIpc) is 3.33. The predicted molar refractivity (Wildman–Crippen MR) is 124 cm³/mol. The molecule has 1 saturated carbocycles. The number of hydrogen-bond acceptors (Lipinski definition) is 5. The fourth-order valence-electron chi connectivity index (χ4n) is 4.68. The molecule has 1 N–H and O–H groups in total. The molecule has 4 rings (SSSR count). The van der Waals surface area contributed by atoms with Gasteiger partial charge in [-0.15, -0.1) is 0 Å². The van der Waals surface area contributed by atoms with E-state index < -0.39 is 5.97 Å². The number of hydrogen-bond donors (Lipinski definition) is 1. The molecule has 168 valence electrons. The maximum atomic E-state index is 10.9. The van der Waals surface area contributed by atoms with Gasteiger partial charge >= 0.3 is 5.97 Å². The average molecular weight is 435 g/mol. The zero-order chi connectivity index (χ0) is 22.2. The summed E-state index contributed by atoms with van der Waals surface area (Å²) in [7, 11) is 0. The number of aliphatic carboxylic acids is 1. The molecule has 1 aromatic carbocycles. The number of fused-ring (bicyclic) bond motifs is 1. The Morgan fingerprint density at radius 3 is 2.81 bits per heavy atom. The first-order valence-electron chi connectivity index (χ1n) is 11.5. The molecule has 0 spiro atoms. The zero-order valence-electron chi connectivity index (χ0n) is 18.3. The van der Waals surface area contributed by atoms with Gasteiger partial charge in [0, 0.05) is 23.5 Å². The fourth-order valence-corrected chi connectivity index (χ4v) is 4.68. The van der Waals surface area contributed by atoms with Crippen molar-refractivity contribution in [3.63, 3.8) is 0 Å². The third kappa shape index (κ3) is 5.75. The van der Waals surface area contributed by atoms with Gasteiger partial charge in [0.15, 0.2) is 6.61 Å². The van der Waals surface area contributed by atoms with Crippen molar-refractivity contribution < 1.29 is 19.5 Å². The van der Waals surface area contributed by atoms with Crippen LogP contribution in [0.2, 0.25) is 0 Å². The number of allylic oxidation sites excluding steroid dienone is 1. The highest BCUT2D eigenvalue weighted by Gasteiger charge is 2.20. The van der Waals surface area contributed by atoms with Crippen LogP contribution in [-0.4, -0.2) is 35.0 Å². The van der Waals surface area contributed by atoms with Gasteiger partial charge in [-0.05, 0) is 67.0 Å². The molecule has 2 aliphatic rings. The number of rotatable bonds is 9. The van der Waals surface area contributed by atoms with Crippen LogP contribution in [-0.2, 0) is 16.1 Å². The van der Waals surface area contributed by atoms with E-state index in [0.29, 0.717) is 18.3 Å². The van der Waals surface area contributed by atoms with Crippen LogP contribution in [0.15, 0.2) is 54.0 Å². The number of nitrogens with zero attached hydrogens (tertiary/aromatic N) is 2. The van der Waals surface area contributed by atoms with E-state index in [9.17, 15) is 4.79 Å². The number of carboxylic acid groups (broad SMARTS) is 1. The Morgan fingerprint density at radius 2 is 2.03 bits per heavy atom. The third-order valence-electron chi connectivity index (χ3n) is 6.23. The van der Waals surface area contributed by atoms with E-state index in [1.807, 2.05) is 30.5 Å². The molecule has 0 amide bonds. The molecule has 0 radical (unpaired) electrons. The molecular weight excluding hydrogens is 404 g/mol. The zero-order valence-corrected chi connectivity index (χ0v) is 18.3. The maximum absolute atomic E-state index is 10.9. The maximum Gasteiger partial charge on any atom is 0.341 e. The van der Waals surface area contributed by atoms with Crippen LogP contribution < -0.4 is 4.74 Å². The van der Waals surface area contributed by atoms with Gasteiger partial charge in [0.2, 0.25) is 0 Å². The molecule has 6 nitrogen and oxygen atoms in total. The van der Waals surface area contributed by atoms with Gasteiger partial charge in [-0.25, -0.2) is 4.79 Å². The summed E-state index contributed by atoms with van der Waals surface area (Å²) in [5.41, 5.74) is 5.38. The van der Waals surface area contributed by atoms with Gasteiger partial charge in [-0.1, -0.05) is 43.0 Å². The minimum Gasteiger partial charge on any atom is -0.482 e. The largest absolute Gasteiger partial charge is 0.482 e. The highest BCUT2D eigenvalue weighted by atomic mass is 16.6. The van der Waals surface area contributed by atoms with Crippen LogP contribution in [0.5, 0.6) is 5.75 Å². The monoisotopic (exact) mass is 434 g/mol. The lowest BCUT2D eigenvalue weighted by molar-refractivity contribution is -0.139. The molecule has 6 heteroatoms. The molecule has 0 atom stereocenters. The van der Waals surface area contributed by atoms with E-state index in [2.05, 4.69) is 22.3 Å². The standard InChI is InChI=1S/C26H30N2O4/c29-26(30)18-31-25-12-4-10-22-20(8-3-11-23(22)25)13-15-32-28-24(16-19-6-1-2-7-19)21-9-5-14-27-17-21/h4-5,9-10,12-14,17,19H,1-3,6-8,11,15-16,18H2,(H,29,30). The Balaban J connectivity index is 1.45. The fraction of sp³-hybridized carbons (Fsp3) is 0.423. The predicted octanol–water partition coefficient (Wildman–Crippen LogP) is 5.27. The summed E-state index contributed by atoms with van der Waals surface area (Å²) in [5.74, 6) is 0.359.